The Morgan fingerprint density at radius 3 is 1.70 bits per heavy atom. The van der Waals surface area contributed by atoms with E-state index in [-0.39, 0.29) is 11.0 Å². The summed E-state index contributed by atoms with van der Waals surface area (Å²) in [7, 11) is 0.350. The molecule has 0 aliphatic carbocycles. The van der Waals surface area contributed by atoms with Crippen LogP contribution < -0.4 is 24.9 Å². The zero-order chi connectivity index (χ0) is 28.6. The van der Waals surface area contributed by atoms with Crippen LogP contribution in [0.1, 0.15) is 31.9 Å². The second kappa shape index (κ2) is 13.0. The molecule has 0 heterocycles. The highest BCUT2D eigenvalue weighted by Gasteiger charge is 2.52. The number of hydrogen-bond acceptors (Lipinski definition) is 5. The quantitative estimate of drug-likeness (QED) is 0.196. The van der Waals surface area contributed by atoms with Crippen LogP contribution in [0.5, 0.6) is 11.5 Å². The first kappa shape index (κ1) is 29.1. The average molecular weight is 554 g/mol. The fourth-order valence-corrected chi connectivity index (χ4v) is 9.54. The maximum absolute atomic E-state index is 12.6. The van der Waals surface area contributed by atoms with Gasteiger partial charge in [-0.1, -0.05) is 106 Å². The maximum Gasteiger partial charge on any atom is 0.323 e. The molecule has 0 saturated carbocycles. The normalized spacial score (nSPS) is 12.4. The zero-order valence-electron chi connectivity index (χ0n) is 24.0. The predicted molar refractivity (Wildman–Crippen MR) is 164 cm³/mol. The van der Waals surface area contributed by atoms with Crippen molar-refractivity contribution >= 4 is 24.7 Å². The summed E-state index contributed by atoms with van der Waals surface area (Å²) in [5, 5.41) is 5.68. The van der Waals surface area contributed by atoms with E-state index >= 15 is 0 Å². The van der Waals surface area contributed by atoms with Gasteiger partial charge in [-0.2, -0.15) is 0 Å². The van der Waals surface area contributed by atoms with E-state index in [4.69, 9.17) is 13.9 Å². The van der Waals surface area contributed by atoms with Crippen molar-refractivity contribution in [2.24, 2.45) is 0 Å². The first-order chi connectivity index (χ1) is 19.3. The lowest BCUT2D eigenvalue weighted by Gasteiger charge is -2.43. The van der Waals surface area contributed by atoms with Crippen molar-refractivity contribution in [1.29, 1.82) is 0 Å². The van der Waals surface area contributed by atoms with E-state index in [2.05, 4.69) is 74.6 Å². The molecule has 4 rings (SSSR count). The van der Waals surface area contributed by atoms with Crippen molar-refractivity contribution in [2.45, 2.75) is 44.8 Å². The molecule has 6 heteroatoms. The van der Waals surface area contributed by atoms with Crippen molar-refractivity contribution in [3.8, 4) is 11.5 Å². The van der Waals surface area contributed by atoms with Gasteiger partial charge in [0.25, 0.3) is 0 Å². The number of hydrogen-bond donors (Lipinski definition) is 1. The third-order valence-electron chi connectivity index (χ3n) is 7.25. The van der Waals surface area contributed by atoms with Crippen molar-refractivity contribution in [3.05, 3.63) is 120 Å². The molecule has 4 aromatic rings. The molecule has 1 N–H and O–H groups in total. The number of ether oxygens (including phenoxy) is 2. The summed E-state index contributed by atoms with van der Waals surface area (Å²) in [6, 6.07) is 36.6. The molecule has 1 atom stereocenters. The zero-order valence-corrected chi connectivity index (χ0v) is 25.0. The molecule has 0 bridgehead atoms. The smallest absolute Gasteiger partial charge is 0.323 e. The van der Waals surface area contributed by atoms with Crippen molar-refractivity contribution in [3.63, 3.8) is 0 Å². The Kier molecular flexibility index (Phi) is 9.45. The number of rotatable bonds is 11. The minimum Gasteiger partial charge on any atom is -0.534 e. The molecule has 0 unspecified atom stereocenters. The highest BCUT2D eigenvalue weighted by atomic mass is 28.4. The van der Waals surface area contributed by atoms with Crippen molar-refractivity contribution in [1.82, 2.24) is 5.32 Å². The standard InChI is InChI=1S/C34H39NO4Si/c1-34(2,3)40(30-12-8-6-9-13-30,31-14-10-7-11-15-31)39-29-22-16-26(17-23-29)24-32(33(36)38-5)35-25-27-18-20-28(37-4)21-19-27/h6-23,32,35H,24-25H2,1-5H3/t32-/m0/s1. The number of methoxy groups -OCH3 is 2. The van der Waals surface area contributed by atoms with Crippen LogP contribution in [0.3, 0.4) is 0 Å². The first-order valence-corrected chi connectivity index (χ1v) is 15.5. The monoisotopic (exact) mass is 553 g/mol. The van der Waals surface area contributed by atoms with Crippen LogP contribution in [0.2, 0.25) is 5.04 Å². The molecule has 0 spiro atoms. The molecule has 4 aromatic carbocycles. The molecule has 0 radical (unpaired) electrons. The largest absolute Gasteiger partial charge is 0.534 e. The van der Waals surface area contributed by atoms with Crippen LogP contribution in [-0.4, -0.2) is 34.5 Å². The van der Waals surface area contributed by atoms with Crippen LogP contribution in [-0.2, 0) is 22.5 Å². The number of nitrogens with one attached hydrogen (secondary N) is 1. The third-order valence-corrected chi connectivity index (χ3v) is 12.2. The van der Waals surface area contributed by atoms with Gasteiger partial charge in [0.2, 0.25) is 0 Å². The molecule has 0 saturated heterocycles. The third kappa shape index (κ3) is 6.64. The van der Waals surface area contributed by atoms with Gasteiger partial charge in [0.15, 0.2) is 0 Å². The van der Waals surface area contributed by atoms with Gasteiger partial charge < -0.3 is 19.2 Å². The minimum atomic E-state index is -2.72. The summed E-state index contributed by atoms with van der Waals surface area (Å²) < 4.78 is 17.4. The lowest BCUT2D eigenvalue weighted by atomic mass is 10.1. The Hall–Kier alpha value is -3.87. The SMILES string of the molecule is COC(=O)[C@H](Cc1ccc(O[Si](c2ccccc2)(c2ccccc2)C(C)(C)C)cc1)NCc1ccc(OC)cc1. The minimum absolute atomic E-state index is 0.129. The Morgan fingerprint density at radius 2 is 1.23 bits per heavy atom. The van der Waals surface area contributed by atoms with E-state index in [9.17, 15) is 4.79 Å². The van der Waals surface area contributed by atoms with Crippen LogP contribution in [0.4, 0.5) is 0 Å². The first-order valence-electron chi connectivity index (χ1n) is 13.6. The van der Waals surface area contributed by atoms with E-state index in [0.717, 1.165) is 22.6 Å². The Bertz CT molecular complexity index is 1310. The Morgan fingerprint density at radius 1 is 0.725 bits per heavy atom. The fraction of sp³-hybridized carbons (Fsp3) is 0.265. The summed E-state index contributed by atoms with van der Waals surface area (Å²) in [4.78, 5) is 12.6. The maximum atomic E-state index is 12.6. The van der Waals surface area contributed by atoms with E-state index in [1.54, 1.807) is 7.11 Å². The molecular formula is C34H39NO4Si. The van der Waals surface area contributed by atoms with Gasteiger partial charge in [0.1, 0.15) is 17.5 Å². The van der Waals surface area contributed by atoms with Crippen molar-refractivity contribution in [2.75, 3.05) is 14.2 Å². The fourth-order valence-electron chi connectivity index (χ4n) is 5.12. The second-order valence-electron chi connectivity index (χ2n) is 10.9. The van der Waals surface area contributed by atoms with Crippen LogP contribution >= 0.6 is 0 Å². The van der Waals surface area contributed by atoms with E-state index in [0.29, 0.717) is 13.0 Å². The average Bonchev–Trinajstić information content (AvgIpc) is 2.99. The number of carbonyl (C=O) groups excluding carboxylic acids is 1. The van der Waals surface area contributed by atoms with Crippen LogP contribution in [0.15, 0.2) is 109 Å². The van der Waals surface area contributed by atoms with Crippen molar-refractivity contribution < 1.29 is 18.7 Å². The van der Waals surface area contributed by atoms with Crippen LogP contribution in [0.25, 0.3) is 0 Å². The summed E-state index contributed by atoms with van der Waals surface area (Å²) in [6.45, 7) is 7.34. The molecule has 5 nitrogen and oxygen atoms in total. The van der Waals surface area contributed by atoms with E-state index < -0.39 is 14.4 Å². The molecule has 0 aromatic heterocycles. The van der Waals surface area contributed by atoms with E-state index in [1.165, 1.54) is 17.5 Å². The van der Waals surface area contributed by atoms with Crippen LogP contribution in [0, 0.1) is 0 Å². The molecule has 0 aliphatic heterocycles. The summed E-state index contributed by atoms with van der Waals surface area (Å²) in [5.41, 5.74) is 2.08. The number of carbonyl (C=O) groups is 1. The summed E-state index contributed by atoms with van der Waals surface area (Å²) in [6.07, 6.45) is 0.502. The molecule has 0 amide bonds. The highest BCUT2D eigenvalue weighted by molar-refractivity contribution is 7.00. The lowest BCUT2D eigenvalue weighted by molar-refractivity contribution is -0.143. The van der Waals surface area contributed by atoms with E-state index in [1.807, 2.05) is 60.7 Å². The highest BCUT2D eigenvalue weighted by Crippen LogP contribution is 2.37. The topological polar surface area (TPSA) is 56.8 Å². The number of benzene rings is 4. The van der Waals surface area contributed by atoms with Gasteiger partial charge >= 0.3 is 14.3 Å². The van der Waals surface area contributed by atoms with Gasteiger partial charge in [0.05, 0.1) is 14.2 Å². The summed E-state index contributed by atoms with van der Waals surface area (Å²) >= 11 is 0. The molecule has 208 valence electrons. The summed E-state index contributed by atoms with van der Waals surface area (Å²) in [5.74, 6) is 1.33. The Labute approximate surface area is 239 Å². The number of esters is 1. The second-order valence-corrected chi connectivity index (χ2v) is 15.1. The Balaban J connectivity index is 1.57. The predicted octanol–water partition coefficient (Wildman–Crippen LogP) is 5.51. The molecule has 0 fully saturated rings. The molecular weight excluding hydrogens is 514 g/mol. The van der Waals surface area contributed by atoms with Gasteiger partial charge in [0, 0.05) is 6.54 Å². The van der Waals surface area contributed by atoms with Gasteiger partial charge in [-0.15, -0.1) is 0 Å². The van der Waals surface area contributed by atoms with Gasteiger partial charge in [-0.25, -0.2) is 0 Å². The molecule has 40 heavy (non-hydrogen) atoms. The van der Waals surface area contributed by atoms with Gasteiger partial charge in [-0.05, 0) is 57.2 Å². The van der Waals surface area contributed by atoms with Gasteiger partial charge in [-0.3, -0.25) is 4.79 Å². The lowest BCUT2D eigenvalue weighted by Crippen LogP contribution is -2.68. The molecule has 0 aliphatic rings.